The number of hydrogen-bond donors (Lipinski definition) is 0. The maximum atomic E-state index is 12.8. The lowest BCUT2D eigenvalue weighted by Crippen LogP contribution is -2.24. The maximum Gasteiger partial charge on any atom is 0.304 e. The third-order valence-electron chi connectivity index (χ3n) is 4.44. The molecule has 0 saturated heterocycles. The molecular formula is C22H17ClN4O2S. The lowest BCUT2D eigenvalue weighted by atomic mass is 10.2. The Balaban J connectivity index is 1.73. The van der Waals surface area contributed by atoms with Crippen LogP contribution in [0, 0.1) is 6.92 Å². The molecule has 1 amide bonds. The van der Waals surface area contributed by atoms with Gasteiger partial charge in [-0.15, -0.1) is 11.3 Å². The van der Waals surface area contributed by atoms with Crippen molar-refractivity contribution < 1.29 is 4.79 Å². The van der Waals surface area contributed by atoms with E-state index in [0.717, 1.165) is 5.56 Å². The number of carbonyl (C=O) groups excluding carboxylic acids is 1. The van der Waals surface area contributed by atoms with E-state index in [2.05, 4.69) is 10.1 Å². The molecule has 2 aromatic carbocycles. The van der Waals surface area contributed by atoms with Crippen molar-refractivity contribution in [2.75, 3.05) is 0 Å². The van der Waals surface area contributed by atoms with Gasteiger partial charge < -0.3 is 4.57 Å². The zero-order chi connectivity index (χ0) is 21.1. The van der Waals surface area contributed by atoms with Crippen LogP contribution in [-0.4, -0.2) is 20.3 Å². The lowest BCUT2D eigenvalue weighted by molar-refractivity contribution is 0.0990. The van der Waals surface area contributed by atoms with E-state index < -0.39 is 11.3 Å². The number of amides is 1. The van der Waals surface area contributed by atoms with E-state index >= 15 is 0 Å². The number of rotatable bonds is 4. The average molecular weight is 437 g/mol. The summed E-state index contributed by atoms with van der Waals surface area (Å²) in [6.45, 7) is 2.30. The summed E-state index contributed by atoms with van der Waals surface area (Å²) in [5.74, 6) is -0.690. The van der Waals surface area contributed by atoms with Crippen LogP contribution in [0.3, 0.4) is 0 Å². The zero-order valence-electron chi connectivity index (χ0n) is 16.0. The molecule has 0 unspecified atom stereocenters. The number of hydrogen-bond acceptors (Lipinski definition) is 4. The van der Waals surface area contributed by atoms with Crippen LogP contribution in [0.1, 0.15) is 21.7 Å². The van der Waals surface area contributed by atoms with Crippen LogP contribution in [0.5, 0.6) is 0 Å². The average Bonchev–Trinajstić information content (AvgIpc) is 3.16. The van der Waals surface area contributed by atoms with Gasteiger partial charge in [-0.05, 0) is 24.6 Å². The third-order valence-corrected chi connectivity index (χ3v) is 5.56. The number of aromatic nitrogens is 3. The second-order valence-corrected chi connectivity index (χ2v) is 7.86. The van der Waals surface area contributed by atoms with Gasteiger partial charge in [-0.25, -0.2) is 4.68 Å². The number of para-hydroxylation sites is 1. The Hall–Kier alpha value is -3.29. The molecule has 2 aromatic heterocycles. The highest BCUT2D eigenvalue weighted by Gasteiger charge is 2.16. The first kappa shape index (κ1) is 20.0. The first-order chi connectivity index (χ1) is 14.5. The Kier molecular flexibility index (Phi) is 5.74. The van der Waals surface area contributed by atoms with Crippen molar-refractivity contribution in [3.63, 3.8) is 0 Å². The largest absolute Gasteiger partial charge is 0.319 e. The van der Waals surface area contributed by atoms with Crippen LogP contribution < -0.4 is 10.2 Å². The van der Waals surface area contributed by atoms with Crippen LogP contribution in [0.25, 0.3) is 5.69 Å². The van der Waals surface area contributed by atoms with E-state index in [1.165, 1.54) is 22.1 Å². The van der Waals surface area contributed by atoms with Crippen molar-refractivity contribution >= 4 is 28.8 Å². The van der Waals surface area contributed by atoms with Gasteiger partial charge in [0, 0.05) is 29.9 Å². The lowest BCUT2D eigenvalue weighted by Gasteiger charge is -2.11. The van der Waals surface area contributed by atoms with Crippen LogP contribution in [0.4, 0.5) is 0 Å². The smallest absolute Gasteiger partial charge is 0.304 e. The van der Waals surface area contributed by atoms with Gasteiger partial charge in [0.25, 0.3) is 0 Å². The van der Waals surface area contributed by atoms with Gasteiger partial charge in [-0.3, -0.25) is 9.59 Å². The molecule has 0 aliphatic carbocycles. The molecule has 0 N–H and O–H groups in total. The van der Waals surface area contributed by atoms with Crippen molar-refractivity contribution in [3.05, 3.63) is 109 Å². The highest BCUT2D eigenvalue weighted by molar-refractivity contribution is 7.07. The molecular weight excluding hydrogens is 420 g/mol. The summed E-state index contributed by atoms with van der Waals surface area (Å²) in [5.41, 5.74) is 1.51. The van der Waals surface area contributed by atoms with E-state index in [0.29, 0.717) is 27.8 Å². The molecule has 0 fully saturated rings. The molecule has 0 saturated carbocycles. The summed E-state index contributed by atoms with van der Waals surface area (Å²) >= 11 is 7.59. The summed E-state index contributed by atoms with van der Waals surface area (Å²) in [4.78, 5) is 30.0. The summed E-state index contributed by atoms with van der Waals surface area (Å²) in [5, 5.41) is 6.58. The minimum absolute atomic E-state index is 0.250. The van der Waals surface area contributed by atoms with E-state index in [-0.39, 0.29) is 5.69 Å². The van der Waals surface area contributed by atoms with Gasteiger partial charge in [-0.2, -0.15) is 10.1 Å². The molecule has 0 spiro atoms. The number of halogens is 1. The van der Waals surface area contributed by atoms with Crippen LogP contribution in [0.15, 0.2) is 82.0 Å². The fourth-order valence-corrected chi connectivity index (χ4v) is 3.93. The Morgan fingerprint density at radius 1 is 1.13 bits per heavy atom. The molecule has 0 bridgehead atoms. The SMILES string of the molecule is Cc1cc(=O)c(C(=O)N=c2sccn2Cc2ccccc2)nn1-c1ccccc1Cl. The quantitative estimate of drug-likeness (QED) is 0.488. The van der Waals surface area contributed by atoms with E-state index in [4.69, 9.17) is 11.6 Å². The van der Waals surface area contributed by atoms with Crippen LogP contribution >= 0.6 is 22.9 Å². The van der Waals surface area contributed by atoms with Gasteiger partial charge in [0.05, 0.1) is 10.7 Å². The number of benzene rings is 2. The minimum atomic E-state index is -0.690. The summed E-state index contributed by atoms with van der Waals surface area (Å²) in [7, 11) is 0. The van der Waals surface area contributed by atoms with Crippen molar-refractivity contribution in [1.29, 1.82) is 0 Å². The number of aryl methyl sites for hydroxylation is 1. The van der Waals surface area contributed by atoms with Gasteiger partial charge in [0.15, 0.2) is 10.5 Å². The van der Waals surface area contributed by atoms with Crippen LogP contribution in [0.2, 0.25) is 5.02 Å². The molecule has 4 rings (SSSR count). The van der Waals surface area contributed by atoms with Gasteiger partial charge in [0.1, 0.15) is 0 Å². The van der Waals surface area contributed by atoms with Gasteiger partial charge in [0.2, 0.25) is 5.43 Å². The summed E-state index contributed by atoms with van der Waals surface area (Å²) < 4.78 is 3.34. The third kappa shape index (κ3) is 4.17. The topological polar surface area (TPSA) is 69.2 Å². The summed E-state index contributed by atoms with van der Waals surface area (Å²) in [6, 6.07) is 18.3. The Labute approximate surface area is 181 Å². The molecule has 150 valence electrons. The molecule has 4 aromatic rings. The fraction of sp³-hybridized carbons (Fsp3) is 0.0909. The van der Waals surface area contributed by atoms with Crippen molar-refractivity contribution in [3.8, 4) is 5.69 Å². The van der Waals surface area contributed by atoms with E-state index in [9.17, 15) is 9.59 Å². The minimum Gasteiger partial charge on any atom is -0.319 e. The molecule has 0 radical (unpaired) electrons. The van der Waals surface area contributed by atoms with Gasteiger partial charge >= 0.3 is 5.91 Å². The monoisotopic (exact) mass is 436 g/mol. The molecule has 30 heavy (non-hydrogen) atoms. The predicted molar refractivity (Wildman–Crippen MR) is 117 cm³/mol. The van der Waals surface area contributed by atoms with Crippen molar-refractivity contribution in [2.45, 2.75) is 13.5 Å². The van der Waals surface area contributed by atoms with Crippen LogP contribution in [-0.2, 0) is 6.54 Å². The molecule has 0 aliphatic heterocycles. The Morgan fingerprint density at radius 3 is 2.63 bits per heavy atom. The number of thiazole rings is 1. The molecule has 8 heteroatoms. The van der Waals surface area contributed by atoms with Crippen molar-refractivity contribution in [2.24, 2.45) is 4.99 Å². The molecule has 2 heterocycles. The number of carbonyl (C=O) groups is 1. The highest BCUT2D eigenvalue weighted by atomic mass is 35.5. The second kappa shape index (κ2) is 8.61. The first-order valence-electron chi connectivity index (χ1n) is 9.16. The zero-order valence-corrected chi connectivity index (χ0v) is 17.6. The van der Waals surface area contributed by atoms with Gasteiger partial charge in [-0.1, -0.05) is 54.1 Å². The van der Waals surface area contributed by atoms with E-state index in [1.807, 2.05) is 52.5 Å². The normalized spacial score (nSPS) is 11.6. The second-order valence-electron chi connectivity index (χ2n) is 6.58. The standard InChI is InChI=1S/C22H17ClN4O2S/c1-15-13-19(28)20(25-27(15)18-10-6-5-9-17(18)23)21(29)24-22-26(11-12-30-22)14-16-7-3-2-4-8-16/h2-13H,14H2,1H3. The molecule has 0 aliphatic rings. The molecule has 6 nitrogen and oxygen atoms in total. The fourth-order valence-electron chi connectivity index (χ4n) is 2.99. The highest BCUT2D eigenvalue weighted by Crippen LogP contribution is 2.19. The molecule has 0 atom stereocenters. The Bertz CT molecular complexity index is 1340. The number of nitrogens with zero attached hydrogens (tertiary/aromatic N) is 4. The van der Waals surface area contributed by atoms with Crippen molar-refractivity contribution in [1.82, 2.24) is 14.3 Å². The Morgan fingerprint density at radius 2 is 1.87 bits per heavy atom. The first-order valence-corrected chi connectivity index (χ1v) is 10.4. The summed E-state index contributed by atoms with van der Waals surface area (Å²) in [6.07, 6.45) is 1.86. The van der Waals surface area contributed by atoms with E-state index in [1.54, 1.807) is 25.1 Å². The maximum absolute atomic E-state index is 12.8. The predicted octanol–water partition coefficient (Wildman–Crippen LogP) is 3.85.